The molecule has 0 unspecified atom stereocenters. The van der Waals surface area contributed by atoms with Crippen molar-refractivity contribution in [2.24, 2.45) is 5.73 Å². The Balaban J connectivity index is 3.62. The van der Waals surface area contributed by atoms with Gasteiger partial charge in [0.25, 0.3) is 0 Å². The van der Waals surface area contributed by atoms with Gasteiger partial charge in [-0.3, -0.25) is 9.97 Å². The van der Waals surface area contributed by atoms with Gasteiger partial charge in [0.05, 0.1) is 0 Å². The predicted octanol–water partition coefficient (Wildman–Crippen LogP) is -1.31. The lowest BCUT2D eigenvalue weighted by molar-refractivity contribution is 0.378. The number of hydrogen-bond acceptors (Lipinski definition) is 3. The Morgan fingerprint density at radius 2 is 2.18 bits per heavy atom. The molecule has 0 aliphatic carbocycles. The average molecular weight is 181 g/mol. The summed E-state index contributed by atoms with van der Waals surface area (Å²) in [6.45, 7) is 0.697. The normalized spacial score (nSPS) is 11.2. The van der Waals surface area contributed by atoms with E-state index in [4.69, 9.17) is 20.9 Å². The summed E-state index contributed by atoms with van der Waals surface area (Å²) in [5.74, 6) is -0.177. The van der Waals surface area contributed by atoms with Crippen molar-refractivity contribution >= 4 is 13.4 Å². The molecule has 0 aromatic heterocycles. The highest BCUT2D eigenvalue weighted by Gasteiger charge is 2.15. The van der Waals surface area contributed by atoms with Crippen LogP contribution in [0.15, 0.2) is 0 Å². The summed E-state index contributed by atoms with van der Waals surface area (Å²) >= 11 is 0. The summed E-state index contributed by atoms with van der Waals surface area (Å²) in [7, 11) is -4.09. The minimum absolute atomic E-state index is 0.177. The largest absolute Gasteiger partial charge is 0.372 e. The van der Waals surface area contributed by atoms with Crippen molar-refractivity contribution in [2.75, 3.05) is 19.3 Å². The van der Waals surface area contributed by atoms with Crippen molar-refractivity contribution in [3.8, 4) is 0 Å². The van der Waals surface area contributed by atoms with Crippen LogP contribution in [0.3, 0.4) is 0 Å². The second kappa shape index (κ2) is 4.46. The van der Waals surface area contributed by atoms with Gasteiger partial charge in [-0.25, -0.2) is 0 Å². The van der Waals surface area contributed by atoms with Crippen LogP contribution in [0.25, 0.3) is 0 Å². The first-order valence-electron chi connectivity index (χ1n) is 3.01. The Bertz CT molecular complexity index is 177. The Hall–Kier alpha value is -0.420. The molecule has 0 spiro atoms. The van der Waals surface area contributed by atoms with E-state index in [1.807, 2.05) is 0 Å². The first-order valence-corrected chi connectivity index (χ1v) is 4.81. The summed E-state index contributed by atoms with van der Waals surface area (Å²) in [6, 6.07) is 0. The van der Waals surface area contributed by atoms with Gasteiger partial charge in [-0.1, -0.05) is 0 Å². The second-order valence-corrected chi connectivity index (χ2v) is 3.66. The topological polar surface area (TPSA) is 119 Å². The Morgan fingerprint density at radius 1 is 1.64 bits per heavy atom. The summed E-state index contributed by atoms with van der Waals surface area (Å²) < 4.78 is 10.3. The second-order valence-electron chi connectivity index (χ2n) is 2.02. The molecule has 11 heavy (non-hydrogen) atoms. The van der Waals surface area contributed by atoms with Gasteiger partial charge in [-0.2, -0.15) is 0 Å². The lowest BCUT2D eigenvalue weighted by Gasteiger charge is -2.06. The number of rotatable bonds is 4. The van der Waals surface area contributed by atoms with E-state index in [9.17, 15) is 4.57 Å². The molecule has 0 radical (unpaired) electrons. The molecule has 0 fully saturated rings. The quantitative estimate of drug-likeness (QED) is 0.209. The van der Waals surface area contributed by atoms with Gasteiger partial charge in [0.1, 0.15) is 12.0 Å². The Morgan fingerprint density at radius 3 is 2.55 bits per heavy atom. The van der Waals surface area contributed by atoms with Crippen molar-refractivity contribution in [3.63, 3.8) is 0 Å². The smallest absolute Gasteiger partial charge is 0.333 e. The number of hydrogen-bond donors (Lipinski definition) is 5. The monoisotopic (exact) mass is 181 g/mol. The Kier molecular flexibility index (Phi) is 4.29. The summed E-state index contributed by atoms with van der Waals surface area (Å²) in [6.07, 6.45) is -0.549. The van der Waals surface area contributed by atoms with Crippen molar-refractivity contribution in [1.82, 2.24) is 5.32 Å². The van der Waals surface area contributed by atoms with Gasteiger partial charge in [0.15, 0.2) is 0 Å². The van der Waals surface area contributed by atoms with E-state index in [2.05, 4.69) is 5.32 Å². The number of nitrogens with one attached hydrogen (secondary N) is 2. The van der Waals surface area contributed by atoms with E-state index >= 15 is 0 Å². The van der Waals surface area contributed by atoms with E-state index in [1.165, 1.54) is 0 Å². The van der Waals surface area contributed by atoms with Crippen molar-refractivity contribution < 1.29 is 14.4 Å². The maximum atomic E-state index is 10.3. The molecule has 0 aromatic rings. The third-order valence-electron chi connectivity index (χ3n) is 0.847. The first-order chi connectivity index (χ1) is 4.95. The van der Waals surface area contributed by atoms with Crippen LogP contribution in [0, 0.1) is 5.41 Å². The maximum absolute atomic E-state index is 10.3. The molecule has 0 amide bonds. The standard InChI is InChI=1S/C4H12N3O3P/c5-1-2-7-4(6)3-11(8,9)10/h1-3,5H2,(H2,6,7)(H2,8,9,10). The fourth-order valence-electron chi connectivity index (χ4n) is 0.485. The zero-order chi connectivity index (χ0) is 8.91. The molecule has 66 valence electrons. The SMILES string of the molecule is N=C(CP(=O)(O)O)NCCN. The predicted molar refractivity (Wildman–Crippen MR) is 41.7 cm³/mol. The fraction of sp³-hybridized carbons (Fsp3) is 0.750. The first kappa shape index (κ1) is 10.6. The zero-order valence-corrected chi connectivity index (χ0v) is 6.84. The zero-order valence-electron chi connectivity index (χ0n) is 5.95. The minimum Gasteiger partial charge on any atom is -0.372 e. The van der Waals surface area contributed by atoms with E-state index in [-0.39, 0.29) is 5.84 Å². The van der Waals surface area contributed by atoms with Crippen LogP contribution < -0.4 is 11.1 Å². The fourth-order valence-corrected chi connectivity index (χ4v) is 1.01. The van der Waals surface area contributed by atoms with Crippen molar-refractivity contribution in [1.29, 1.82) is 5.41 Å². The van der Waals surface area contributed by atoms with E-state index < -0.39 is 13.8 Å². The van der Waals surface area contributed by atoms with Crippen LogP contribution in [0.5, 0.6) is 0 Å². The van der Waals surface area contributed by atoms with E-state index in [0.29, 0.717) is 13.1 Å². The maximum Gasteiger partial charge on any atom is 0.333 e. The summed E-state index contributed by atoms with van der Waals surface area (Å²) in [5.41, 5.74) is 5.09. The van der Waals surface area contributed by atoms with E-state index in [1.54, 1.807) is 0 Å². The van der Waals surface area contributed by atoms with Crippen LogP contribution in [-0.2, 0) is 4.57 Å². The highest BCUT2D eigenvalue weighted by Crippen LogP contribution is 2.33. The van der Waals surface area contributed by atoms with Crippen LogP contribution in [-0.4, -0.2) is 34.9 Å². The summed E-state index contributed by atoms with van der Waals surface area (Å²) in [4.78, 5) is 16.8. The number of amidine groups is 1. The summed E-state index contributed by atoms with van der Waals surface area (Å²) in [5, 5.41) is 9.44. The molecule has 0 aromatic carbocycles. The molecule has 0 saturated heterocycles. The molecular weight excluding hydrogens is 169 g/mol. The molecule has 6 nitrogen and oxygen atoms in total. The van der Waals surface area contributed by atoms with Gasteiger partial charge >= 0.3 is 7.60 Å². The lowest BCUT2D eigenvalue weighted by atomic mass is 10.6. The van der Waals surface area contributed by atoms with Crippen LogP contribution in [0.1, 0.15) is 0 Å². The van der Waals surface area contributed by atoms with Crippen molar-refractivity contribution in [3.05, 3.63) is 0 Å². The van der Waals surface area contributed by atoms with Gasteiger partial charge < -0.3 is 20.8 Å². The molecule has 0 aliphatic rings. The van der Waals surface area contributed by atoms with Gasteiger partial charge in [-0.05, 0) is 0 Å². The van der Waals surface area contributed by atoms with Crippen LogP contribution >= 0.6 is 7.60 Å². The third-order valence-corrected chi connectivity index (χ3v) is 1.57. The average Bonchev–Trinajstić information content (AvgIpc) is 1.79. The molecule has 7 heteroatoms. The highest BCUT2D eigenvalue weighted by atomic mass is 31.2. The van der Waals surface area contributed by atoms with Gasteiger partial charge in [-0.15, -0.1) is 0 Å². The van der Waals surface area contributed by atoms with Gasteiger partial charge in [0, 0.05) is 13.1 Å². The minimum atomic E-state index is -4.09. The molecule has 6 N–H and O–H groups in total. The molecule has 0 aliphatic heterocycles. The van der Waals surface area contributed by atoms with Gasteiger partial charge in [0.2, 0.25) is 0 Å². The van der Waals surface area contributed by atoms with Crippen LogP contribution in [0.4, 0.5) is 0 Å². The molecule has 0 atom stereocenters. The molecular formula is C4H12N3O3P. The van der Waals surface area contributed by atoms with Crippen molar-refractivity contribution in [2.45, 2.75) is 0 Å². The Labute approximate surface area is 64.5 Å². The third kappa shape index (κ3) is 7.48. The molecule has 0 bridgehead atoms. The number of nitrogens with two attached hydrogens (primary N) is 1. The van der Waals surface area contributed by atoms with E-state index in [0.717, 1.165) is 0 Å². The molecule has 0 heterocycles. The molecule has 0 saturated carbocycles. The molecule has 0 rings (SSSR count). The highest BCUT2D eigenvalue weighted by molar-refractivity contribution is 7.52. The lowest BCUT2D eigenvalue weighted by Crippen LogP contribution is -2.30. The van der Waals surface area contributed by atoms with Crippen LogP contribution in [0.2, 0.25) is 0 Å².